The number of piperazine rings is 1. The molecule has 1 fully saturated rings. The summed E-state index contributed by atoms with van der Waals surface area (Å²) in [6, 6.07) is 0. The summed E-state index contributed by atoms with van der Waals surface area (Å²) in [5, 5.41) is 1.70. The van der Waals surface area contributed by atoms with Gasteiger partial charge in [-0.3, -0.25) is 19.0 Å². The van der Waals surface area contributed by atoms with Crippen molar-refractivity contribution in [3.8, 4) is 0 Å². The fourth-order valence-electron chi connectivity index (χ4n) is 2.76. The third-order valence-corrected chi connectivity index (χ3v) is 8.58. The van der Waals surface area contributed by atoms with Crippen LogP contribution >= 0.6 is 22.7 Å². The average molecular weight is 419 g/mol. The van der Waals surface area contributed by atoms with Gasteiger partial charge in [0.05, 0.1) is 0 Å². The normalized spacial score (nSPS) is 16.2. The quantitative estimate of drug-likeness (QED) is 0.740. The summed E-state index contributed by atoms with van der Waals surface area (Å²) in [5.74, 6) is -0.215. The number of nitrogens with zero attached hydrogens (tertiary/aromatic N) is 3. The van der Waals surface area contributed by atoms with Crippen molar-refractivity contribution in [2.75, 3.05) is 26.2 Å². The monoisotopic (exact) mass is 418 g/mol. The van der Waals surface area contributed by atoms with Crippen LogP contribution in [-0.2, 0) is 21.4 Å². The number of rotatable bonds is 4. The van der Waals surface area contributed by atoms with Crippen LogP contribution in [-0.4, -0.2) is 59.3 Å². The van der Waals surface area contributed by atoms with Crippen LogP contribution in [0.2, 0.25) is 0 Å². The fraction of sp³-hybridized carbons (Fsp3) is 0.500. The Kier molecular flexibility index (Phi) is 5.19. The molecule has 0 bridgehead atoms. The highest BCUT2D eigenvalue weighted by Crippen LogP contribution is 2.22. The van der Waals surface area contributed by atoms with Gasteiger partial charge in [-0.2, -0.15) is 4.31 Å². The SMILES string of the molecule is Cc1[nH]c(=O)sc1S(=O)(=O)N1CCN(C(=O)Cn2c(C)csc2=O)CC1. The lowest BCUT2D eigenvalue weighted by Crippen LogP contribution is -2.51. The van der Waals surface area contributed by atoms with Crippen molar-refractivity contribution in [2.24, 2.45) is 0 Å². The zero-order valence-corrected chi connectivity index (χ0v) is 16.7. The summed E-state index contributed by atoms with van der Waals surface area (Å²) in [5.41, 5.74) is 1.05. The molecule has 1 aliphatic rings. The van der Waals surface area contributed by atoms with Crippen LogP contribution in [0.4, 0.5) is 0 Å². The number of carbonyl (C=O) groups is 1. The Morgan fingerprint density at radius 1 is 1.19 bits per heavy atom. The van der Waals surface area contributed by atoms with E-state index in [1.807, 2.05) is 0 Å². The Balaban J connectivity index is 1.67. The molecule has 0 radical (unpaired) electrons. The topological polar surface area (TPSA) is 113 Å². The summed E-state index contributed by atoms with van der Waals surface area (Å²) < 4.78 is 28.1. The number of hydrogen-bond acceptors (Lipinski definition) is 7. The smallest absolute Gasteiger partial charge is 0.307 e. The molecule has 3 rings (SSSR count). The second-order valence-electron chi connectivity index (χ2n) is 5.94. The molecule has 0 atom stereocenters. The van der Waals surface area contributed by atoms with E-state index >= 15 is 0 Å². The van der Waals surface area contributed by atoms with Gasteiger partial charge in [-0.05, 0) is 13.8 Å². The van der Waals surface area contributed by atoms with Gasteiger partial charge in [-0.15, -0.1) is 0 Å². The predicted octanol–water partition coefficient (Wildman–Crippen LogP) is -0.190. The van der Waals surface area contributed by atoms with Crippen molar-refractivity contribution in [3.63, 3.8) is 0 Å². The van der Waals surface area contributed by atoms with Crippen LogP contribution in [0, 0.1) is 13.8 Å². The number of thiazole rings is 2. The number of hydrogen-bond donors (Lipinski definition) is 1. The van der Waals surface area contributed by atoms with Gasteiger partial charge in [0, 0.05) is 42.9 Å². The third kappa shape index (κ3) is 3.54. The van der Waals surface area contributed by atoms with Crippen LogP contribution in [0.3, 0.4) is 0 Å². The van der Waals surface area contributed by atoms with Gasteiger partial charge in [0.2, 0.25) is 5.91 Å². The number of H-pyrrole nitrogens is 1. The van der Waals surface area contributed by atoms with Crippen molar-refractivity contribution in [2.45, 2.75) is 24.6 Å². The van der Waals surface area contributed by atoms with Crippen LogP contribution < -0.4 is 9.75 Å². The summed E-state index contributed by atoms with van der Waals surface area (Å²) in [4.78, 5) is 39.0. The molecule has 1 amide bonds. The molecule has 2 aromatic heterocycles. The van der Waals surface area contributed by atoms with Crippen molar-refractivity contribution in [1.29, 1.82) is 0 Å². The van der Waals surface area contributed by atoms with Crippen molar-refractivity contribution < 1.29 is 13.2 Å². The lowest BCUT2D eigenvalue weighted by molar-refractivity contribution is -0.133. The Labute approximate surface area is 157 Å². The first kappa shape index (κ1) is 19.0. The number of carbonyl (C=O) groups excluding carboxylic acids is 1. The Morgan fingerprint density at radius 3 is 2.35 bits per heavy atom. The minimum atomic E-state index is -3.76. The molecular weight excluding hydrogens is 400 g/mol. The number of nitrogens with one attached hydrogen (secondary N) is 1. The molecule has 1 saturated heterocycles. The van der Waals surface area contributed by atoms with Crippen molar-refractivity contribution in [3.05, 3.63) is 36.1 Å². The van der Waals surface area contributed by atoms with Gasteiger partial charge < -0.3 is 9.88 Å². The van der Waals surface area contributed by atoms with E-state index in [2.05, 4.69) is 4.98 Å². The molecule has 9 nitrogen and oxygen atoms in total. The number of amides is 1. The lowest BCUT2D eigenvalue weighted by atomic mass is 10.3. The molecule has 142 valence electrons. The molecule has 26 heavy (non-hydrogen) atoms. The summed E-state index contributed by atoms with van der Waals surface area (Å²) in [7, 11) is -3.76. The summed E-state index contributed by atoms with van der Waals surface area (Å²) >= 11 is 1.72. The average Bonchev–Trinajstić information content (AvgIpc) is 3.10. The zero-order chi connectivity index (χ0) is 19.1. The predicted molar refractivity (Wildman–Crippen MR) is 98.3 cm³/mol. The zero-order valence-electron chi connectivity index (χ0n) is 14.2. The minimum absolute atomic E-state index is 0.0164. The maximum Gasteiger partial charge on any atom is 0.307 e. The largest absolute Gasteiger partial charge is 0.338 e. The first-order chi connectivity index (χ1) is 12.2. The first-order valence-electron chi connectivity index (χ1n) is 7.82. The minimum Gasteiger partial charge on any atom is -0.338 e. The van der Waals surface area contributed by atoms with Crippen molar-refractivity contribution >= 4 is 38.6 Å². The highest BCUT2D eigenvalue weighted by Gasteiger charge is 2.32. The van der Waals surface area contributed by atoms with Gasteiger partial charge in [0.25, 0.3) is 10.0 Å². The van der Waals surface area contributed by atoms with E-state index in [0.29, 0.717) is 17.0 Å². The second-order valence-corrected chi connectivity index (χ2v) is 9.88. The number of aromatic nitrogens is 2. The Hall–Kier alpha value is -1.76. The van der Waals surface area contributed by atoms with E-state index in [-0.39, 0.29) is 47.7 Å². The molecule has 1 aliphatic heterocycles. The maximum absolute atomic E-state index is 12.7. The lowest BCUT2D eigenvalue weighted by Gasteiger charge is -2.33. The standard InChI is InChI=1S/C14H18N4O5S3/c1-9-8-24-14(21)18(9)7-11(19)16-3-5-17(6-4-16)26(22,23)12-10(2)15-13(20)25-12/h8H,3-7H2,1-2H3,(H,15,20). The van der Waals surface area contributed by atoms with E-state index < -0.39 is 14.9 Å². The molecule has 0 aliphatic carbocycles. The maximum atomic E-state index is 12.7. The second kappa shape index (κ2) is 7.10. The summed E-state index contributed by atoms with van der Waals surface area (Å²) in [6.45, 7) is 4.06. The van der Waals surface area contributed by atoms with Gasteiger partial charge >= 0.3 is 9.75 Å². The highest BCUT2D eigenvalue weighted by atomic mass is 32.2. The van der Waals surface area contributed by atoms with Crippen LogP contribution in [0.1, 0.15) is 11.4 Å². The van der Waals surface area contributed by atoms with Gasteiger partial charge in [0.15, 0.2) is 4.21 Å². The first-order valence-corrected chi connectivity index (χ1v) is 11.0. The van der Waals surface area contributed by atoms with Crippen LogP contribution in [0.5, 0.6) is 0 Å². The third-order valence-electron chi connectivity index (χ3n) is 4.22. The van der Waals surface area contributed by atoms with Gasteiger partial charge in [0.1, 0.15) is 6.54 Å². The molecule has 12 heteroatoms. The van der Waals surface area contributed by atoms with E-state index in [4.69, 9.17) is 0 Å². The molecule has 0 spiro atoms. The molecule has 2 aromatic rings. The molecular formula is C14H18N4O5S3. The molecule has 0 aromatic carbocycles. The molecule has 1 N–H and O–H groups in total. The number of aromatic amines is 1. The highest BCUT2D eigenvalue weighted by molar-refractivity contribution is 7.91. The van der Waals surface area contributed by atoms with E-state index in [9.17, 15) is 22.8 Å². The van der Waals surface area contributed by atoms with E-state index in [1.165, 1.54) is 8.87 Å². The fourth-order valence-corrected chi connectivity index (χ4v) is 6.36. The van der Waals surface area contributed by atoms with Crippen LogP contribution in [0.15, 0.2) is 19.2 Å². The summed E-state index contributed by atoms with van der Waals surface area (Å²) in [6.07, 6.45) is 0. The Morgan fingerprint density at radius 2 is 1.85 bits per heavy atom. The van der Waals surface area contributed by atoms with E-state index in [0.717, 1.165) is 17.0 Å². The number of sulfonamides is 1. The van der Waals surface area contributed by atoms with Gasteiger partial charge in [-0.25, -0.2) is 8.42 Å². The van der Waals surface area contributed by atoms with Crippen LogP contribution in [0.25, 0.3) is 0 Å². The molecule has 0 saturated carbocycles. The van der Waals surface area contributed by atoms with Crippen molar-refractivity contribution in [1.82, 2.24) is 18.8 Å². The van der Waals surface area contributed by atoms with Gasteiger partial charge in [-0.1, -0.05) is 22.7 Å². The number of aryl methyl sites for hydroxylation is 2. The van der Waals surface area contributed by atoms with E-state index in [1.54, 1.807) is 24.1 Å². The molecule has 3 heterocycles. The molecule has 0 unspecified atom stereocenters. The Bertz CT molecular complexity index is 1040.